The van der Waals surface area contributed by atoms with E-state index in [-0.39, 0.29) is 11.5 Å². The van der Waals surface area contributed by atoms with E-state index in [2.05, 4.69) is 10.3 Å². The van der Waals surface area contributed by atoms with Crippen LogP contribution in [0.1, 0.15) is 15.9 Å². The third-order valence-corrected chi connectivity index (χ3v) is 2.83. The van der Waals surface area contributed by atoms with E-state index < -0.39 is 5.97 Å². The van der Waals surface area contributed by atoms with Crippen molar-refractivity contribution in [2.24, 2.45) is 0 Å². The Balaban J connectivity index is 1.89. The van der Waals surface area contributed by atoms with Gasteiger partial charge in [0, 0.05) is 31.6 Å². The zero-order valence-electron chi connectivity index (χ0n) is 11.3. The molecule has 0 atom stereocenters. The molecule has 0 aliphatic carbocycles. The molecule has 0 aliphatic heterocycles. The lowest BCUT2D eigenvalue weighted by Crippen LogP contribution is -2.25. The molecule has 0 radical (unpaired) electrons. The first kappa shape index (κ1) is 14.5. The Morgan fingerprint density at radius 2 is 2.14 bits per heavy atom. The summed E-state index contributed by atoms with van der Waals surface area (Å²) in [6, 6.07) is 6.52. The highest BCUT2D eigenvalue weighted by Crippen LogP contribution is 2.10. The third kappa shape index (κ3) is 4.31. The van der Waals surface area contributed by atoms with Crippen molar-refractivity contribution in [2.45, 2.75) is 6.54 Å². The summed E-state index contributed by atoms with van der Waals surface area (Å²) in [7, 11) is 0. The molecule has 1 aromatic heterocycles. The smallest absolute Gasteiger partial charge is 0.336 e. The van der Waals surface area contributed by atoms with Gasteiger partial charge in [-0.15, -0.1) is 0 Å². The van der Waals surface area contributed by atoms with Gasteiger partial charge in [0.1, 0.15) is 0 Å². The van der Waals surface area contributed by atoms with Gasteiger partial charge in [-0.2, -0.15) is 0 Å². The summed E-state index contributed by atoms with van der Waals surface area (Å²) in [5.41, 5.74) is 0.662. The summed E-state index contributed by atoms with van der Waals surface area (Å²) in [6.07, 6.45) is 7.98. The van der Waals surface area contributed by atoms with E-state index in [0.29, 0.717) is 18.7 Å². The van der Waals surface area contributed by atoms with E-state index >= 15 is 0 Å². The molecule has 6 nitrogen and oxygen atoms in total. The average molecular weight is 285 g/mol. The number of nitrogens with one attached hydrogen (secondary N) is 1. The van der Waals surface area contributed by atoms with Crippen molar-refractivity contribution in [1.29, 1.82) is 0 Å². The molecule has 0 spiro atoms. The first-order valence-electron chi connectivity index (χ1n) is 6.41. The lowest BCUT2D eigenvalue weighted by atomic mass is 10.1. The Kier molecular flexibility index (Phi) is 4.87. The fraction of sp³-hybridized carbons (Fsp3) is 0.133. The highest BCUT2D eigenvalue weighted by atomic mass is 16.4. The number of carboxylic acids is 1. The summed E-state index contributed by atoms with van der Waals surface area (Å²) >= 11 is 0. The lowest BCUT2D eigenvalue weighted by Gasteiger charge is -2.03. The Morgan fingerprint density at radius 3 is 2.86 bits per heavy atom. The average Bonchev–Trinajstić information content (AvgIpc) is 2.98. The van der Waals surface area contributed by atoms with Crippen molar-refractivity contribution in [3.63, 3.8) is 0 Å². The highest BCUT2D eigenvalue weighted by molar-refractivity contribution is 5.96. The maximum atomic E-state index is 11.7. The van der Waals surface area contributed by atoms with Gasteiger partial charge in [0.25, 0.3) is 0 Å². The van der Waals surface area contributed by atoms with Crippen LogP contribution in [-0.4, -0.2) is 33.1 Å². The number of rotatable bonds is 6. The minimum atomic E-state index is -1.02. The largest absolute Gasteiger partial charge is 0.478 e. The molecule has 0 saturated heterocycles. The van der Waals surface area contributed by atoms with Crippen LogP contribution in [0.25, 0.3) is 6.08 Å². The molecule has 21 heavy (non-hydrogen) atoms. The molecule has 6 heteroatoms. The molecular formula is C15H15N3O3. The number of aromatic carboxylic acids is 1. The predicted octanol–water partition coefficient (Wildman–Crippen LogP) is 1.41. The lowest BCUT2D eigenvalue weighted by molar-refractivity contribution is -0.116. The number of nitrogens with zero attached hydrogens (tertiary/aromatic N) is 2. The van der Waals surface area contributed by atoms with Gasteiger partial charge in [0.05, 0.1) is 11.9 Å². The second-order valence-corrected chi connectivity index (χ2v) is 4.32. The second kappa shape index (κ2) is 7.04. The van der Waals surface area contributed by atoms with Crippen molar-refractivity contribution in [2.75, 3.05) is 6.54 Å². The minimum Gasteiger partial charge on any atom is -0.478 e. The molecule has 2 N–H and O–H groups in total. The van der Waals surface area contributed by atoms with E-state index in [1.165, 1.54) is 18.2 Å². The molecule has 0 fully saturated rings. The summed E-state index contributed by atoms with van der Waals surface area (Å²) in [6.45, 7) is 1.10. The zero-order valence-corrected chi connectivity index (χ0v) is 11.3. The van der Waals surface area contributed by atoms with Crippen LogP contribution in [0.3, 0.4) is 0 Å². The fourth-order valence-electron chi connectivity index (χ4n) is 1.79. The van der Waals surface area contributed by atoms with Crippen LogP contribution >= 0.6 is 0 Å². The molecule has 0 aliphatic rings. The first-order chi connectivity index (χ1) is 10.2. The predicted molar refractivity (Wildman–Crippen MR) is 77.7 cm³/mol. The summed E-state index contributed by atoms with van der Waals surface area (Å²) in [4.78, 5) is 26.6. The maximum absolute atomic E-state index is 11.7. The number of hydrogen-bond acceptors (Lipinski definition) is 3. The molecule has 0 bridgehead atoms. The van der Waals surface area contributed by atoms with Gasteiger partial charge in [-0.25, -0.2) is 9.78 Å². The first-order valence-corrected chi connectivity index (χ1v) is 6.41. The van der Waals surface area contributed by atoms with Gasteiger partial charge in [-0.3, -0.25) is 4.79 Å². The second-order valence-electron chi connectivity index (χ2n) is 4.32. The van der Waals surface area contributed by atoms with Gasteiger partial charge >= 0.3 is 5.97 Å². The number of aromatic nitrogens is 2. The topological polar surface area (TPSA) is 84.2 Å². The van der Waals surface area contributed by atoms with Crippen LogP contribution in [0.2, 0.25) is 0 Å². The van der Waals surface area contributed by atoms with E-state index in [4.69, 9.17) is 5.11 Å². The van der Waals surface area contributed by atoms with E-state index in [0.717, 1.165) is 0 Å². The number of carbonyl (C=O) groups excluding carboxylic acids is 1. The minimum absolute atomic E-state index is 0.167. The Labute approximate surface area is 121 Å². The van der Waals surface area contributed by atoms with Crippen molar-refractivity contribution >= 4 is 18.0 Å². The molecule has 1 heterocycles. The number of benzene rings is 1. The van der Waals surface area contributed by atoms with Crippen LogP contribution in [0.15, 0.2) is 49.1 Å². The Hall–Kier alpha value is -2.89. The van der Waals surface area contributed by atoms with Crippen LogP contribution in [0, 0.1) is 0 Å². The number of imidazole rings is 1. The number of carboxylic acid groups (broad SMARTS) is 1. The fourth-order valence-corrected chi connectivity index (χ4v) is 1.79. The molecule has 0 unspecified atom stereocenters. The Bertz CT molecular complexity index is 648. The molecule has 1 amide bonds. The van der Waals surface area contributed by atoms with Crippen LogP contribution in [-0.2, 0) is 11.3 Å². The number of amides is 1. The normalized spacial score (nSPS) is 10.7. The summed E-state index contributed by atoms with van der Waals surface area (Å²) in [5.74, 6) is -1.29. The van der Waals surface area contributed by atoms with Gasteiger partial charge in [-0.1, -0.05) is 18.2 Å². The number of hydrogen-bond donors (Lipinski definition) is 2. The van der Waals surface area contributed by atoms with Crippen LogP contribution in [0.5, 0.6) is 0 Å². The van der Waals surface area contributed by atoms with E-state index in [1.807, 2.05) is 10.8 Å². The van der Waals surface area contributed by atoms with Crippen LogP contribution < -0.4 is 5.32 Å². The van der Waals surface area contributed by atoms with E-state index in [1.54, 1.807) is 30.7 Å². The number of carbonyl (C=O) groups is 2. The van der Waals surface area contributed by atoms with Crippen molar-refractivity contribution in [3.05, 3.63) is 60.2 Å². The van der Waals surface area contributed by atoms with Gasteiger partial charge in [0.2, 0.25) is 5.91 Å². The SMILES string of the molecule is O=C(/C=C/c1ccccc1C(=O)O)NCCn1ccnc1. The molecular weight excluding hydrogens is 270 g/mol. The van der Waals surface area contributed by atoms with E-state index in [9.17, 15) is 9.59 Å². The van der Waals surface area contributed by atoms with Gasteiger partial charge < -0.3 is 15.0 Å². The van der Waals surface area contributed by atoms with Gasteiger partial charge in [0.15, 0.2) is 0 Å². The molecule has 2 aromatic rings. The standard InChI is InChI=1S/C15H15N3O3/c19-14(17-8-10-18-9-7-16-11-18)6-5-12-3-1-2-4-13(12)15(20)21/h1-7,9,11H,8,10H2,(H,17,19)(H,20,21)/b6-5+. The summed E-state index contributed by atoms with van der Waals surface area (Å²) in [5, 5.41) is 11.8. The summed E-state index contributed by atoms with van der Waals surface area (Å²) < 4.78 is 1.85. The van der Waals surface area contributed by atoms with Crippen LogP contribution in [0.4, 0.5) is 0 Å². The quantitative estimate of drug-likeness (QED) is 0.786. The van der Waals surface area contributed by atoms with Crippen molar-refractivity contribution in [3.8, 4) is 0 Å². The van der Waals surface area contributed by atoms with Crippen molar-refractivity contribution in [1.82, 2.24) is 14.9 Å². The molecule has 2 rings (SSSR count). The molecule has 0 saturated carbocycles. The Morgan fingerprint density at radius 1 is 1.33 bits per heavy atom. The molecule has 108 valence electrons. The third-order valence-electron chi connectivity index (χ3n) is 2.83. The highest BCUT2D eigenvalue weighted by Gasteiger charge is 2.06. The van der Waals surface area contributed by atoms with Gasteiger partial charge in [-0.05, 0) is 17.7 Å². The van der Waals surface area contributed by atoms with Crippen molar-refractivity contribution < 1.29 is 14.7 Å². The monoisotopic (exact) mass is 285 g/mol. The zero-order chi connectivity index (χ0) is 15.1. The molecule has 1 aromatic carbocycles. The maximum Gasteiger partial charge on any atom is 0.336 e.